The fourth-order valence-corrected chi connectivity index (χ4v) is 4.68. The number of aromatic amines is 2. The van der Waals surface area contributed by atoms with Crippen molar-refractivity contribution in [1.29, 1.82) is 0 Å². The first-order valence-corrected chi connectivity index (χ1v) is 14.3. The van der Waals surface area contributed by atoms with Crippen molar-refractivity contribution in [1.82, 2.24) is 9.97 Å². The molecule has 0 aliphatic carbocycles. The Kier molecular flexibility index (Phi) is 12.1. The number of nitrogens with one attached hydrogen (secondary N) is 2. The number of allylic oxidation sites excluding steroid dienone is 1. The quantitative estimate of drug-likeness (QED) is 0.0461. The molecule has 14 heteroatoms. The Morgan fingerprint density at radius 3 is 1.92 bits per heavy atom. The highest BCUT2D eigenvalue weighted by Gasteiger charge is 2.28. The number of hydrogen-bond acceptors (Lipinski definition) is 5. The fourth-order valence-electron chi connectivity index (χ4n) is 4.68. The van der Waals surface area contributed by atoms with Crippen LogP contribution in [0.1, 0.15) is 38.6 Å². The lowest BCUT2D eigenvalue weighted by atomic mass is 9.91. The number of aliphatic carboxylic acids is 1. The number of fused-ring (bicyclic) bond motifs is 2. The maximum absolute atomic E-state index is 13.7. The lowest BCUT2D eigenvalue weighted by Crippen LogP contribution is -2.17. The summed E-state index contributed by atoms with van der Waals surface area (Å²) < 4.78 is 82.2. The molecule has 0 bridgehead atoms. The van der Waals surface area contributed by atoms with Crippen LogP contribution in [0.5, 0.6) is 0 Å². The molecule has 50 heavy (non-hydrogen) atoms. The van der Waals surface area contributed by atoms with Gasteiger partial charge in [-0.3, -0.25) is 19.2 Å². The zero-order valence-corrected chi connectivity index (χ0v) is 25.4. The molecule has 6 rings (SSSR count). The molecule has 256 valence electrons. The van der Waals surface area contributed by atoms with Gasteiger partial charge in [-0.15, -0.1) is 0 Å². The second kappa shape index (κ2) is 16.6. The number of ketones is 2. The van der Waals surface area contributed by atoms with Crippen molar-refractivity contribution in [3.8, 4) is 0 Å². The third kappa shape index (κ3) is 9.34. The molecule has 2 heterocycles. The molecule has 0 aliphatic rings. The van der Waals surface area contributed by atoms with Crippen molar-refractivity contribution in [3.63, 3.8) is 0 Å². The van der Waals surface area contributed by atoms with Gasteiger partial charge in [0.25, 0.3) is 6.47 Å². The molecule has 0 spiro atoms. The number of halogens is 6. The smallest absolute Gasteiger partial charge is 0.311 e. The molecule has 3 N–H and O–H groups in total. The van der Waals surface area contributed by atoms with Gasteiger partial charge in [-0.25, -0.2) is 26.3 Å². The number of rotatable bonds is 9. The standard InChI is InChI=1S/C18H12F3NO3.C10H6F2O3.C8H6FN/c19-9-2-4-16-12(5-9)14(8-22-16)13(18(24)25)7-17(23)11-3-1-10(20)6-15(11)21;11-7-1-2-8(9(12)5-7)10(14)3-4-15-6-13;9-7-1-2-8-6(5-7)3-4-10-8/h1-6,8,13,22H,7H2,(H,24,25);1-6H;1-5,10H/b;4-3+;. The van der Waals surface area contributed by atoms with Crippen LogP contribution in [0.15, 0.2) is 104 Å². The number of carboxylic acid groups (broad SMARTS) is 1. The number of hydrogen-bond donors (Lipinski definition) is 3. The minimum absolute atomic E-state index is 0.116. The van der Waals surface area contributed by atoms with Crippen LogP contribution in [-0.2, 0) is 14.3 Å². The first kappa shape index (κ1) is 36.4. The van der Waals surface area contributed by atoms with Crippen molar-refractivity contribution < 1.29 is 55.4 Å². The molecule has 6 aromatic rings. The van der Waals surface area contributed by atoms with Crippen molar-refractivity contribution in [2.24, 2.45) is 0 Å². The van der Waals surface area contributed by atoms with E-state index in [4.69, 9.17) is 0 Å². The molecular weight excluding hydrogens is 670 g/mol. The highest BCUT2D eigenvalue weighted by Crippen LogP contribution is 2.30. The highest BCUT2D eigenvalue weighted by atomic mass is 19.2. The molecule has 1 unspecified atom stereocenters. The summed E-state index contributed by atoms with van der Waals surface area (Å²) in [6.45, 7) is 0.116. The summed E-state index contributed by atoms with van der Waals surface area (Å²) in [5, 5.41) is 10.7. The van der Waals surface area contributed by atoms with Crippen LogP contribution in [0.2, 0.25) is 0 Å². The van der Waals surface area contributed by atoms with E-state index < -0.39 is 64.5 Å². The Morgan fingerprint density at radius 2 is 1.30 bits per heavy atom. The second-order valence-corrected chi connectivity index (χ2v) is 10.3. The largest absolute Gasteiger partial charge is 0.481 e. The molecule has 4 aromatic carbocycles. The van der Waals surface area contributed by atoms with Crippen LogP contribution >= 0.6 is 0 Å². The lowest BCUT2D eigenvalue weighted by Gasteiger charge is -2.11. The first-order valence-electron chi connectivity index (χ1n) is 14.3. The van der Waals surface area contributed by atoms with Gasteiger partial charge in [-0.2, -0.15) is 0 Å². The van der Waals surface area contributed by atoms with E-state index in [9.17, 15) is 50.6 Å². The third-order valence-corrected chi connectivity index (χ3v) is 7.04. The molecular formula is C36H24F6N2O6. The number of carboxylic acids is 1. The summed E-state index contributed by atoms with van der Waals surface area (Å²) in [4.78, 5) is 50.6. The minimum atomic E-state index is -1.30. The van der Waals surface area contributed by atoms with Crippen molar-refractivity contribution in [2.75, 3.05) is 0 Å². The summed E-state index contributed by atoms with van der Waals surface area (Å²) in [5.41, 5.74) is 1.03. The maximum atomic E-state index is 13.7. The number of carbonyl (C=O) groups excluding carboxylic acids is 3. The predicted octanol–water partition coefficient (Wildman–Crippen LogP) is 8.17. The SMILES string of the molecule is Fc1ccc2[nH]ccc2c1.O=C(CC(C(=O)O)c1c[nH]c2ccc(F)cc12)c1ccc(F)cc1F.O=CO/C=C/C(=O)c1ccc(F)cc1F. The van der Waals surface area contributed by atoms with Crippen LogP contribution < -0.4 is 0 Å². The van der Waals surface area contributed by atoms with E-state index in [-0.39, 0.29) is 23.4 Å². The number of benzene rings is 4. The van der Waals surface area contributed by atoms with Gasteiger partial charge in [-0.1, -0.05) is 0 Å². The summed E-state index contributed by atoms with van der Waals surface area (Å²) in [7, 11) is 0. The van der Waals surface area contributed by atoms with Crippen LogP contribution in [0.4, 0.5) is 26.3 Å². The highest BCUT2D eigenvalue weighted by molar-refractivity contribution is 6.04. The second-order valence-electron chi connectivity index (χ2n) is 10.3. The van der Waals surface area contributed by atoms with Gasteiger partial charge in [0.15, 0.2) is 11.6 Å². The fraction of sp³-hybridized carbons (Fsp3) is 0.0556. The van der Waals surface area contributed by atoms with Crippen LogP contribution in [-0.4, -0.2) is 39.1 Å². The van der Waals surface area contributed by atoms with E-state index in [1.807, 2.05) is 6.07 Å². The van der Waals surface area contributed by atoms with E-state index in [0.717, 1.165) is 47.5 Å². The Labute approximate surface area is 278 Å². The zero-order chi connectivity index (χ0) is 36.4. The Balaban J connectivity index is 0.000000189. The van der Waals surface area contributed by atoms with Gasteiger partial charge < -0.3 is 19.8 Å². The van der Waals surface area contributed by atoms with Gasteiger partial charge >= 0.3 is 5.97 Å². The Morgan fingerprint density at radius 1 is 0.720 bits per heavy atom. The number of carbonyl (C=O) groups is 4. The van der Waals surface area contributed by atoms with Gasteiger partial charge in [0.05, 0.1) is 23.3 Å². The zero-order valence-electron chi connectivity index (χ0n) is 25.4. The van der Waals surface area contributed by atoms with Crippen molar-refractivity contribution in [2.45, 2.75) is 12.3 Å². The number of H-pyrrole nitrogens is 2. The Hall–Kier alpha value is -6.44. The lowest BCUT2D eigenvalue weighted by molar-refractivity contribution is -0.138. The molecule has 1 atom stereocenters. The van der Waals surface area contributed by atoms with E-state index in [0.29, 0.717) is 23.0 Å². The van der Waals surface area contributed by atoms with Crippen molar-refractivity contribution in [3.05, 3.63) is 155 Å². The molecule has 0 saturated carbocycles. The number of Topliss-reactive ketones (excluding diaryl/α,β-unsaturated/α-hetero) is 1. The first-order chi connectivity index (χ1) is 23.9. The summed E-state index contributed by atoms with van der Waals surface area (Å²) >= 11 is 0. The van der Waals surface area contributed by atoms with Crippen molar-refractivity contribution >= 4 is 45.8 Å². The van der Waals surface area contributed by atoms with Crippen LogP contribution in [0, 0.1) is 34.9 Å². The van der Waals surface area contributed by atoms with Gasteiger partial charge in [-0.05, 0) is 72.3 Å². The van der Waals surface area contributed by atoms with Crippen LogP contribution in [0.3, 0.4) is 0 Å². The molecule has 0 aliphatic heterocycles. The van der Waals surface area contributed by atoms with E-state index in [1.165, 1.54) is 36.5 Å². The Bertz CT molecular complexity index is 2210. The van der Waals surface area contributed by atoms with E-state index >= 15 is 0 Å². The molecule has 0 radical (unpaired) electrons. The molecule has 0 amide bonds. The van der Waals surface area contributed by atoms with Gasteiger partial charge in [0, 0.05) is 58.8 Å². The summed E-state index contributed by atoms with van der Waals surface area (Å²) in [6, 6.07) is 15.4. The molecule has 2 aromatic heterocycles. The summed E-state index contributed by atoms with van der Waals surface area (Å²) in [5.74, 6) is -8.46. The average molecular weight is 695 g/mol. The molecule has 8 nitrogen and oxygen atoms in total. The molecule has 0 saturated heterocycles. The van der Waals surface area contributed by atoms with E-state index in [1.54, 1.807) is 12.3 Å². The normalized spacial score (nSPS) is 11.3. The molecule has 0 fully saturated rings. The topological polar surface area (TPSA) is 129 Å². The monoisotopic (exact) mass is 694 g/mol. The predicted molar refractivity (Wildman–Crippen MR) is 169 cm³/mol. The van der Waals surface area contributed by atoms with Crippen LogP contribution in [0.25, 0.3) is 21.8 Å². The minimum Gasteiger partial charge on any atom is -0.481 e. The third-order valence-electron chi connectivity index (χ3n) is 7.04. The average Bonchev–Trinajstić information content (AvgIpc) is 3.70. The van der Waals surface area contributed by atoms with Gasteiger partial charge in [0.1, 0.15) is 34.9 Å². The van der Waals surface area contributed by atoms with E-state index in [2.05, 4.69) is 14.7 Å². The number of aromatic nitrogens is 2. The number of ether oxygens (including phenoxy) is 1. The maximum Gasteiger partial charge on any atom is 0.311 e. The summed E-state index contributed by atoms with van der Waals surface area (Å²) in [6.07, 6.45) is 4.32. The van der Waals surface area contributed by atoms with Gasteiger partial charge in [0.2, 0.25) is 0 Å².